The Bertz CT molecular complexity index is 650. The van der Waals surface area contributed by atoms with Crippen LogP contribution in [0, 0.1) is 0 Å². The van der Waals surface area contributed by atoms with Crippen LogP contribution < -0.4 is 14.8 Å². The fourth-order valence-electron chi connectivity index (χ4n) is 2.45. The number of methoxy groups -OCH3 is 2. The second kappa shape index (κ2) is 9.57. The van der Waals surface area contributed by atoms with Crippen molar-refractivity contribution >= 4 is 6.09 Å². The van der Waals surface area contributed by atoms with Crippen molar-refractivity contribution in [3.63, 3.8) is 0 Å². The summed E-state index contributed by atoms with van der Waals surface area (Å²) < 4.78 is 15.8. The summed E-state index contributed by atoms with van der Waals surface area (Å²) in [6.45, 7) is 2.86. The molecule has 0 radical (unpaired) electrons. The zero-order valence-electron chi connectivity index (χ0n) is 15.0. The van der Waals surface area contributed by atoms with E-state index in [0.717, 1.165) is 22.6 Å². The van der Waals surface area contributed by atoms with E-state index < -0.39 is 6.09 Å². The number of rotatable bonds is 8. The summed E-state index contributed by atoms with van der Waals surface area (Å²) in [5, 5.41) is 2.77. The fraction of sp³-hybridized carbons (Fsp3) is 0.350. The molecule has 0 saturated heterocycles. The van der Waals surface area contributed by atoms with Crippen molar-refractivity contribution in [2.24, 2.45) is 0 Å². The molecule has 2 aromatic carbocycles. The van der Waals surface area contributed by atoms with E-state index in [1.54, 1.807) is 14.2 Å². The van der Waals surface area contributed by atoms with Gasteiger partial charge in [0.05, 0.1) is 20.8 Å². The molecular weight excluding hydrogens is 318 g/mol. The molecule has 2 rings (SSSR count). The Morgan fingerprint density at radius 1 is 1.04 bits per heavy atom. The molecule has 0 heterocycles. The lowest BCUT2D eigenvalue weighted by Gasteiger charge is -2.13. The Kier molecular flexibility index (Phi) is 7.14. The quantitative estimate of drug-likeness (QED) is 0.792. The Labute approximate surface area is 148 Å². The van der Waals surface area contributed by atoms with E-state index in [1.807, 2.05) is 55.5 Å². The summed E-state index contributed by atoms with van der Waals surface area (Å²) in [6, 6.07) is 15.7. The molecule has 0 aliphatic heterocycles. The van der Waals surface area contributed by atoms with Crippen molar-refractivity contribution in [3.8, 4) is 11.5 Å². The van der Waals surface area contributed by atoms with Gasteiger partial charge in [-0.25, -0.2) is 4.79 Å². The third-order valence-corrected chi connectivity index (χ3v) is 3.93. The molecule has 0 fully saturated rings. The fourth-order valence-corrected chi connectivity index (χ4v) is 2.45. The van der Waals surface area contributed by atoms with Gasteiger partial charge in [-0.15, -0.1) is 0 Å². The zero-order valence-corrected chi connectivity index (χ0v) is 15.0. The molecule has 1 amide bonds. The first-order chi connectivity index (χ1) is 12.1. The lowest BCUT2D eigenvalue weighted by atomic mass is 10.0. The van der Waals surface area contributed by atoms with Gasteiger partial charge < -0.3 is 19.5 Å². The number of hydrogen-bond donors (Lipinski definition) is 1. The SMILES string of the molecule is COc1cc(CCNC(=O)OCC(C)c2ccccc2)cc(OC)c1. The molecular formula is C20H25NO4. The largest absolute Gasteiger partial charge is 0.497 e. The summed E-state index contributed by atoms with van der Waals surface area (Å²) >= 11 is 0. The van der Waals surface area contributed by atoms with E-state index in [4.69, 9.17) is 14.2 Å². The number of hydrogen-bond acceptors (Lipinski definition) is 4. The molecule has 2 aromatic rings. The van der Waals surface area contributed by atoms with Gasteiger partial charge in [-0.2, -0.15) is 0 Å². The third-order valence-electron chi connectivity index (χ3n) is 3.93. The predicted octanol–water partition coefficient (Wildman–Crippen LogP) is 3.78. The number of carbonyl (C=O) groups is 1. The van der Waals surface area contributed by atoms with Crippen molar-refractivity contribution < 1.29 is 19.0 Å². The van der Waals surface area contributed by atoms with Gasteiger partial charge in [0.2, 0.25) is 0 Å². The maximum atomic E-state index is 11.8. The lowest BCUT2D eigenvalue weighted by molar-refractivity contribution is 0.140. The maximum absolute atomic E-state index is 11.8. The monoisotopic (exact) mass is 343 g/mol. The molecule has 5 heteroatoms. The van der Waals surface area contributed by atoms with Gasteiger partial charge in [-0.1, -0.05) is 37.3 Å². The highest BCUT2D eigenvalue weighted by Gasteiger charge is 2.09. The van der Waals surface area contributed by atoms with E-state index in [0.29, 0.717) is 19.6 Å². The minimum absolute atomic E-state index is 0.162. The topological polar surface area (TPSA) is 56.8 Å². The summed E-state index contributed by atoms with van der Waals surface area (Å²) in [5.41, 5.74) is 2.17. The summed E-state index contributed by atoms with van der Waals surface area (Å²) in [7, 11) is 3.23. The van der Waals surface area contributed by atoms with Gasteiger partial charge in [-0.05, 0) is 29.7 Å². The first-order valence-electron chi connectivity index (χ1n) is 8.30. The lowest BCUT2D eigenvalue weighted by Crippen LogP contribution is -2.27. The van der Waals surface area contributed by atoms with E-state index in [2.05, 4.69) is 5.32 Å². The van der Waals surface area contributed by atoms with E-state index >= 15 is 0 Å². The standard InChI is InChI=1S/C20H25NO4/c1-15(17-7-5-4-6-8-17)14-25-20(22)21-10-9-16-11-18(23-2)13-19(12-16)24-3/h4-8,11-13,15H,9-10,14H2,1-3H3,(H,21,22). The third kappa shape index (κ3) is 6.03. The Morgan fingerprint density at radius 2 is 1.68 bits per heavy atom. The van der Waals surface area contributed by atoms with Gasteiger partial charge >= 0.3 is 6.09 Å². The Balaban J connectivity index is 1.75. The normalized spacial score (nSPS) is 11.5. The van der Waals surface area contributed by atoms with Crippen LogP contribution >= 0.6 is 0 Å². The Hall–Kier alpha value is -2.69. The van der Waals surface area contributed by atoms with Gasteiger partial charge in [0, 0.05) is 18.5 Å². The average molecular weight is 343 g/mol. The number of carbonyl (C=O) groups excluding carboxylic acids is 1. The smallest absolute Gasteiger partial charge is 0.407 e. The molecule has 25 heavy (non-hydrogen) atoms. The van der Waals surface area contributed by atoms with Crippen molar-refractivity contribution in [3.05, 3.63) is 59.7 Å². The highest BCUT2D eigenvalue weighted by molar-refractivity contribution is 5.67. The molecule has 134 valence electrons. The van der Waals surface area contributed by atoms with Crippen LogP contribution in [0.3, 0.4) is 0 Å². The van der Waals surface area contributed by atoms with Crippen LogP contribution in [-0.4, -0.2) is 33.5 Å². The van der Waals surface area contributed by atoms with Gasteiger partial charge in [0.15, 0.2) is 0 Å². The van der Waals surface area contributed by atoms with E-state index in [1.165, 1.54) is 0 Å². The van der Waals surface area contributed by atoms with Gasteiger partial charge in [-0.3, -0.25) is 0 Å². The molecule has 5 nitrogen and oxygen atoms in total. The van der Waals surface area contributed by atoms with Gasteiger partial charge in [0.1, 0.15) is 11.5 Å². The predicted molar refractivity (Wildman–Crippen MR) is 97.5 cm³/mol. The van der Waals surface area contributed by atoms with Crippen molar-refractivity contribution in [1.29, 1.82) is 0 Å². The molecule has 1 N–H and O–H groups in total. The molecule has 0 bridgehead atoms. The number of ether oxygens (including phenoxy) is 3. The number of nitrogens with one attached hydrogen (secondary N) is 1. The van der Waals surface area contributed by atoms with E-state index in [-0.39, 0.29) is 5.92 Å². The molecule has 1 atom stereocenters. The van der Waals surface area contributed by atoms with E-state index in [9.17, 15) is 4.79 Å². The molecule has 0 aliphatic carbocycles. The second-order valence-electron chi connectivity index (χ2n) is 5.81. The highest BCUT2D eigenvalue weighted by Crippen LogP contribution is 2.22. The van der Waals surface area contributed by atoms with Crippen LogP contribution in [0.1, 0.15) is 24.0 Å². The van der Waals surface area contributed by atoms with Crippen molar-refractivity contribution in [1.82, 2.24) is 5.32 Å². The second-order valence-corrected chi connectivity index (χ2v) is 5.81. The number of benzene rings is 2. The number of amides is 1. The minimum atomic E-state index is -0.405. The van der Waals surface area contributed by atoms with Crippen LogP contribution in [0.25, 0.3) is 0 Å². The molecule has 0 saturated carbocycles. The molecule has 0 spiro atoms. The van der Waals surface area contributed by atoms with Crippen LogP contribution in [0.4, 0.5) is 4.79 Å². The molecule has 0 aromatic heterocycles. The highest BCUT2D eigenvalue weighted by atomic mass is 16.5. The van der Waals surface area contributed by atoms with Gasteiger partial charge in [0.25, 0.3) is 0 Å². The summed E-state index contributed by atoms with van der Waals surface area (Å²) in [4.78, 5) is 11.8. The Morgan fingerprint density at radius 3 is 2.28 bits per heavy atom. The maximum Gasteiger partial charge on any atom is 0.407 e. The van der Waals surface area contributed by atoms with Crippen LogP contribution in [0.15, 0.2) is 48.5 Å². The first-order valence-corrected chi connectivity index (χ1v) is 8.30. The summed E-state index contributed by atoms with van der Waals surface area (Å²) in [6.07, 6.45) is 0.259. The minimum Gasteiger partial charge on any atom is -0.497 e. The zero-order chi connectivity index (χ0) is 18.1. The van der Waals surface area contributed by atoms with Crippen LogP contribution in [-0.2, 0) is 11.2 Å². The number of alkyl carbamates (subject to hydrolysis) is 1. The van der Waals surface area contributed by atoms with Crippen molar-refractivity contribution in [2.75, 3.05) is 27.4 Å². The molecule has 0 aliphatic rings. The van der Waals surface area contributed by atoms with Crippen LogP contribution in [0.2, 0.25) is 0 Å². The average Bonchev–Trinajstić information content (AvgIpc) is 2.66. The first kappa shape index (κ1) is 18.6. The molecule has 1 unspecified atom stereocenters. The van der Waals surface area contributed by atoms with Crippen LogP contribution in [0.5, 0.6) is 11.5 Å². The van der Waals surface area contributed by atoms with Crippen molar-refractivity contribution in [2.45, 2.75) is 19.3 Å². The summed E-state index contributed by atoms with van der Waals surface area (Å²) in [5.74, 6) is 1.62.